The first-order valence-electron chi connectivity index (χ1n) is 6.47. The normalized spacial score (nSPS) is 13.4. The van der Waals surface area contributed by atoms with Gasteiger partial charge in [0.15, 0.2) is 5.78 Å². The first kappa shape index (κ1) is 14.0. The van der Waals surface area contributed by atoms with Crippen molar-refractivity contribution >= 4 is 5.78 Å². The standard InChI is InChI=1S/C14H19NO4/c16-6-4-15(5-7-17)10-13(18)11-1-2-14-12(9-11)3-8-19-14/h1-2,9,16-17H,3-8,10H2. The summed E-state index contributed by atoms with van der Waals surface area (Å²) in [5.74, 6) is 0.857. The zero-order valence-corrected chi connectivity index (χ0v) is 10.8. The number of nitrogens with zero attached hydrogens (tertiary/aromatic N) is 1. The first-order chi connectivity index (χ1) is 9.24. The van der Waals surface area contributed by atoms with Crippen molar-refractivity contribution in [1.29, 1.82) is 0 Å². The quantitative estimate of drug-likeness (QED) is 0.684. The fourth-order valence-corrected chi connectivity index (χ4v) is 2.21. The summed E-state index contributed by atoms with van der Waals surface area (Å²) in [6.07, 6.45) is 0.841. The van der Waals surface area contributed by atoms with E-state index in [1.165, 1.54) is 0 Å². The SMILES string of the molecule is O=C(CN(CCO)CCO)c1ccc2c(c1)CCO2. The monoisotopic (exact) mass is 265 g/mol. The Labute approximate surface area is 112 Å². The van der Waals surface area contributed by atoms with E-state index in [1.807, 2.05) is 12.1 Å². The minimum atomic E-state index is -0.0225. The topological polar surface area (TPSA) is 70.0 Å². The van der Waals surface area contributed by atoms with E-state index >= 15 is 0 Å². The highest BCUT2D eigenvalue weighted by atomic mass is 16.5. The second-order valence-electron chi connectivity index (χ2n) is 4.57. The Bertz CT molecular complexity index is 441. The number of fused-ring (bicyclic) bond motifs is 1. The van der Waals surface area contributed by atoms with Crippen LogP contribution in [0.25, 0.3) is 0 Å². The fraction of sp³-hybridized carbons (Fsp3) is 0.500. The summed E-state index contributed by atoms with van der Waals surface area (Å²) in [6.45, 7) is 1.62. The molecular weight excluding hydrogens is 246 g/mol. The van der Waals surface area contributed by atoms with Gasteiger partial charge in [-0.1, -0.05) is 0 Å². The Kier molecular flexibility index (Phi) is 4.90. The maximum absolute atomic E-state index is 12.2. The molecule has 0 unspecified atom stereocenters. The van der Waals surface area contributed by atoms with Gasteiger partial charge in [0.05, 0.1) is 26.4 Å². The van der Waals surface area contributed by atoms with E-state index in [-0.39, 0.29) is 25.5 Å². The molecular formula is C14H19NO4. The van der Waals surface area contributed by atoms with Gasteiger partial charge in [0.1, 0.15) is 5.75 Å². The van der Waals surface area contributed by atoms with Crippen molar-refractivity contribution < 1.29 is 19.7 Å². The molecule has 0 bridgehead atoms. The van der Waals surface area contributed by atoms with Gasteiger partial charge in [-0.05, 0) is 23.8 Å². The lowest BCUT2D eigenvalue weighted by Crippen LogP contribution is -2.34. The highest BCUT2D eigenvalue weighted by molar-refractivity contribution is 5.98. The molecule has 0 radical (unpaired) electrons. The molecule has 1 heterocycles. The zero-order chi connectivity index (χ0) is 13.7. The predicted octanol–water partition coefficient (Wildman–Crippen LogP) is 0.0908. The molecule has 2 N–H and O–H groups in total. The number of hydrogen-bond acceptors (Lipinski definition) is 5. The molecule has 0 spiro atoms. The van der Waals surface area contributed by atoms with Crippen molar-refractivity contribution in [3.05, 3.63) is 29.3 Å². The van der Waals surface area contributed by atoms with Crippen molar-refractivity contribution in [2.45, 2.75) is 6.42 Å². The van der Waals surface area contributed by atoms with Gasteiger partial charge in [0.2, 0.25) is 0 Å². The van der Waals surface area contributed by atoms with E-state index in [4.69, 9.17) is 14.9 Å². The van der Waals surface area contributed by atoms with Crippen molar-refractivity contribution in [3.63, 3.8) is 0 Å². The summed E-state index contributed by atoms with van der Waals surface area (Å²) < 4.78 is 5.40. The molecule has 2 rings (SSSR count). The third-order valence-corrected chi connectivity index (χ3v) is 3.21. The molecule has 0 fully saturated rings. The number of carbonyl (C=O) groups excluding carboxylic acids is 1. The van der Waals surface area contributed by atoms with Gasteiger partial charge in [-0.15, -0.1) is 0 Å². The minimum absolute atomic E-state index is 0.00315. The number of benzene rings is 1. The number of Topliss-reactive ketones (excluding diaryl/α,β-unsaturated/α-hetero) is 1. The van der Waals surface area contributed by atoms with Crippen LogP contribution in [-0.2, 0) is 6.42 Å². The third-order valence-electron chi connectivity index (χ3n) is 3.21. The lowest BCUT2D eigenvalue weighted by Gasteiger charge is -2.19. The van der Waals surface area contributed by atoms with Crippen molar-refractivity contribution in [2.24, 2.45) is 0 Å². The van der Waals surface area contributed by atoms with Crippen LogP contribution in [-0.4, -0.2) is 60.4 Å². The Morgan fingerprint density at radius 3 is 2.68 bits per heavy atom. The molecule has 1 aliphatic rings. The molecule has 1 aliphatic heterocycles. The van der Waals surface area contributed by atoms with E-state index in [1.54, 1.807) is 11.0 Å². The number of aliphatic hydroxyl groups is 2. The van der Waals surface area contributed by atoms with E-state index < -0.39 is 0 Å². The lowest BCUT2D eigenvalue weighted by atomic mass is 10.1. The Balaban J connectivity index is 2.02. The smallest absolute Gasteiger partial charge is 0.176 e. The number of aliphatic hydroxyl groups excluding tert-OH is 2. The molecule has 0 amide bonds. The average molecular weight is 265 g/mol. The van der Waals surface area contributed by atoms with Crippen molar-refractivity contribution in [3.8, 4) is 5.75 Å². The van der Waals surface area contributed by atoms with Crippen molar-refractivity contribution in [2.75, 3.05) is 39.5 Å². The van der Waals surface area contributed by atoms with Gasteiger partial charge in [0, 0.05) is 25.1 Å². The van der Waals surface area contributed by atoms with Gasteiger partial charge in [-0.2, -0.15) is 0 Å². The van der Waals surface area contributed by atoms with Crippen LogP contribution in [0.3, 0.4) is 0 Å². The van der Waals surface area contributed by atoms with E-state index in [0.29, 0.717) is 25.3 Å². The Morgan fingerprint density at radius 2 is 2.00 bits per heavy atom. The molecule has 0 aromatic heterocycles. The number of ether oxygens (including phenoxy) is 1. The van der Waals surface area contributed by atoms with Gasteiger partial charge >= 0.3 is 0 Å². The average Bonchev–Trinajstić information content (AvgIpc) is 2.86. The summed E-state index contributed by atoms with van der Waals surface area (Å²) in [7, 11) is 0. The van der Waals surface area contributed by atoms with Gasteiger partial charge in [-0.3, -0.25) is 9.69 Å². The zero-order valence-electron chi connectivity index (χ0n) is 10.8. The molecule has 1 aromatic rings. The summed E-state index contributed by atoms with van der Waals surface area (Å²) >= 11 is 0. The minimum Gasteiger partial charge on any atom is -0.493 e. The third kappa shape index (κ3) is 3.53. The Hall–Kier alpha value is -1.43. The van der Waals surface area contributed by atoms with Crippen LogP contribution in [0, 0.1) is 0 Å². The lowest BCUT2D eigenvalue weighted by molar-refractivity contribution is 0.0894. The maximum Gasteiger partial charge on any atom is 0.176 e. The van der Waals surface area contributed by atoms with Crippen LogP contribution in [0.2, 0.25) is 0 Å². The summed E-state index contributed by atoms with van der Waals surface area (Å²) in [4.78, 5) is 13.9. The van der Waals surface area contributed by atoms with Crippen LogP contribution in [0.1, 0.15) is 15.9 Å². The second-order valence-corrected chi connectivity index (χ2v) is 4.57. The second kappa shape index (κ2) is 6.65. The molecule has 19 heavy (non-hydrogen) atoms. The highest BCUT2D eigenvalue weighted by Gasteiger charge is 2.16. The van der Waals surface area contributed by atoms with E-state index in [9.17, 15) is 4.79 Å². The van der Waals surface area contributed by atoms with Crippen LogP contribution in [0.5, 0.6) is 5.75 Å². The fourth-order valence-electron chi connectivity index (χ4n) is 2.21. The van der Waals surface area contributed by atoms with Gasteiger partial charge in [-0.25, -0.2) is 0 Å². The molecule has 5 heteroatoms. The van der Waals surface area contributed by atoms with E-state index in [2.05, 4.69) is 0 Å². The molecule has 0 atom stereocenters. The summed E-state index contributed by atoms with van der Waals surface area (Å²) in [5.41, 5.74) is 1.73. The first-order valence-corrected chi connectivity index (χ1v) is 6.47. The van der Waals surface area contributed by atoms with Gasteiger partial charge < -0.3 is 14.9 Å². The summed E-state index contributed by atoms with van der Waals surface area (Å²) in [6, 6.07) is 5.47. The van der Waals surface area contributed by atoms with Crippen molar-refractivity contribution in [1.82, 2.24) is 4.90 Å². The van der Waals surface area contributed by atoms with Crippen LogP contribution >= 0.6 is 0 Å². The molecule has 0 saturated carbocycles. The molecule has 104 valence electrons. The van der Waals surface area contributed by atoms with Crippen LogP contribution in [0.4, 0.5) is 0 Å². The summed E-state index contributed by atoms with van der Waals surface area (Å²) in [5, 5.41) is 17.8. The van der Waals surface area contributed by atoms with E-state index in [0.717, 1.165) is 17.7 Å². The molecule has 0 saturated heterocycles. The maximum atomic E-state index is 12.2. The van der Waals surface area contributed by atoms with Crippen LogP contribution < -0.4 is 4.74 Å². The predicted molar refractivity (Wildman–Crippen MR) is 70.6 cm³/mol. The van der Waals surface area contributed by atoms with Gasteiger partial charge in [0.25, 0.3) is 0 Å². The molecule has 1 aromatic carbocycles. The largest absolute Gasteiger partial charge is 0.493 e. The molecule has 5 nitrogen and oxygen atoms in total. The highest BCUT2D eigenvalue weighted by Crippen LogP contribution is 2.26. The molecule has 0 aliphatic carbocycles. The van der Waals surface area contributed by atoms with Crippen LogP contribution in [0.15, 0.2) is 18.2 Å². The number of hydrogen-bond donors (Lipinski definition) is 2. The number of rotatable bonds is 7. The number of ketones is 1. The number of carbonyl (C=O) groups is 1. The Morgan fingerprint density at radius 1 is 1.26 bits per heavy atom.